The number of benzene rings is 3. The third-order valence-corrected chi connectivity index (χ3v) is 9.63. The van der Waals surface area contributed by atoms with Crippen molar-refractivity contribution in [2.24, 2.45) is 0 Å². The molecule has 0 spiro atoms. The number of anilines is 5. The van der Waals surface area contributed by atoms with E-state index in [1.165, 1.54) is 24.1 Å². The molecule has 1 fully saturated rings. The molecule has 2 aliphatic rings. The molecule has 5 heterocycles. The number of urea groups is 1. The standard InChI is InChI=1S/C39H39N9O/c1-45(2)31-19-23-46(24-20-31)32-15-13-29(14-16-32)41-38-40-21-17-33(43-38)37-36(44-35-12-5-6-22-48(35)37)28-9-7-10-30(26-28)42-39(49)47-25-18-27-8-3-4-11-34(27)47/h3-17,21-22,26,31H,18-20,23-25H2,1-2H3,(H,42,49)(H,40,41,43). The lowest BCUT2D eigenvalue weighted by molar-refractivity contribution is 0.249. The monoisotopic (exact) mass is 649 g/mol. The average molecular weight is 650 g/mol. The number of hydrogen-bond acceptors (Lipinski definition) is 7. The number of fused-ring (bicyclic) bond motifs is 2. The van der Waals surface area contributed by atoms with E-state index in [2.05, 4.69) is 69.8 Å². The fourth-order valence-corrected chi connectivity index (χ4v) is 7.00. The molecule has 8 rings (SSSR count). The van der Waals surface area contributed by atoms with Gasteiger partial charge in [-0.2, -0.15) is 0 Å². The number of carbonyl (C=O) groups excluding carboxylic acids is 1. The quantitative estimate of drug-likeness (QED) is 0.187. The van der Waals surface area contributed by atoms with Gasteiger partial charge in [0.25, 0.3) is 0 Å². The third-order valence-electron chi connectivity index (χ3n) is 9.63. The molecule has 1 saturated heterocycles. The largest absolute Gasteiger partial charge is 0.371 e. The predicted molar refractivity (Wildman–Crippen MR) is 197 cm³/mol. The molecular formula is C39H39N9O. The van der Waals surface area contributed by atoms with Gasteiger partial charge in [0.2, 0.25) is 5.95 Å². The van der Waals surface area contributed by atoms with Crippen LogP contribution < -0.4 is 20.4 Å². The van der Waals surface area contributed by atoms with Gasteiger partial charge in [-0.15, -0.1) is 0 Å². The first-order valence-corrected chi connectivity index (χ1v) is 16.9. The minimum absolute atomic E-state index is 0.147. The van der Waals surface area contributed by atoms with Crippen molar-refractivity contribution in [2.75, 3.05) is 54.2 Å². The van der Waals surface area contributed by atoms with Crippen molar-refractivity contribution in [1.29, 1.82) is 0 Å². The number of carbonyl (C=O) groups is 1. The number of para-hydroxylation sites is 1. The summed E-state index contributed by atoms with van der Waals surface area (Å²) in [7, 11) is 4.34. The van der Waals surface area contributed by atoms with Crippen molar-refractivity contribution < 1.29 is 4.79 Å². The van der Waals surface area contributed by atoms with E-state index >= 15 is 0 Å². The van der Waals surface area contributed by atoms with Crippen LogP contribution in [0, 0.1) is 0 Å². The molecule has 0 bridgehead atoms. The van der Waals surface area contributed by atoms with Gasteiger partial charge in [-0.25, -0.2) is 19.7 Å². The van der Waals surface area contributed by atoms with Gasteiger partial charge >= 0.3 is 6.03 Å². The number of aromatic nitrogens is 4. The van der Waals surface area contributed by atoms with Gasteiger partial charge in [0, 0.05) is 66.4 Å². The summed E-state index contributed by atoms with van der Waals surface area (Å²) in [6.07, 6.45) is 6.96. The van der Waals surface area contributed by atoms with Crippen molar-refractivity contribution in [3.63, 3.8) is 0 Å². The summed E-state index contributed by atoms with van der Waals surface area (Å²) in [5.74, 6) is 0.501. The number of nitrogens with zero attached hydrogens (tertiary/aromatic N) is 7. The lowest BCUT2D eigenvalue weighted by atomic mass is 10.0. The fourth-order valence-electron chi connectivity index (χ4n) is 7.00. The van der Waals surface area contributed by atoms with Gasteiger partial charge in [-0.05, 0) is 99.6 Å². The van der Waals surface area contributed by atoms with Crippen LogP contribution >= 0.6 is 0 Å². The van der Waals surface area contributed by atoms with E-state index in [1.54, 1.807) is 11.1 Å². The summed E-state index contributed by atoms with van der Waals surface area (Å²) in [5.41, 5.74) is 9.01. The van der Waals surface area contributed by atoms with E-state index in [0.29, 0.717) is 24.2 Å². The minimum atomic E-state index is -0.147. The lowest BCUT2D eigenvalue weighted by Gasteiger charge is -2.36. The maximum absolute atomic E-state index is 13.3. The van der Waals surface area contributed by atoms with Crippen molar-refractivity contribution >= 4 is 40.4 Å². The second-order valence-corrected chi connectivity index (χ2v) is 12.9. The number of amides is 2. The molecule has 6 aromatic rings. The van der Waals surface area contributed by atoms with Crippen LogP contribution in [-0.2, 0) is 6.42 Å². The zero-order valence-electron chi connectivity index (χ0n) is 27.8. The molecule has 0 aliphatic carbocycles. The van der Waals surface area contributed by atoms with Gasteiger partial charge in [-0.3, -0.25) is 9.30 Å². The Labute approximate surface area is 286 Å². The fraction of sp³-hybridized carbons (Fsp3) is 0.231. The van der Waals surface area contributed by atoms with Crippen molar-refractivity contribution in [3.05, 3.63) is 115 Å². The first-order chi connectivity index (χ1) is 24.0. The summed E-state index contributed by atoms with van der Waals surface area (Å²) < 4.78 is 2.04. The van der Waals surface area contributed by atoms with E-state index in [1.807, 2.05) is 77.3 Å². The molecule has 49 heavy (non-hydrogen) atoms. The summed E-state index contributed by atoms with van der Waals surface area (Å²) in [6.45, 7) is 2.78. The molecule has 0 radical (unpaired) electrons. The summed E-state index contributed by atoms with van der Waals surface area (Å²) in [5, 5.41) is 6.51. The van der Waals surface area contributed by atoms with Crippen LogP contribution in [0.25, 0.3) is 28.3 Å². The Balaban J connectivity index is 1.04. The first kappa shape index (κ1) is 30.6. The number of piperidine rings is 1. The van der Waals surface area contributed by atoms with E-state index in [4.69, 9.17) is 9.97 Å². The maximum atomic E-state index is 13.3. The number of pyridine rings is 1. The molecule has 0 unspecified atom stereocenters. The molecule has 0 atom stereocenters. The van der Waals surface area contributed by atoms with E-state index in [0.717, 1.165) is 59.2 Å². The molecule has 10 nitrogen and oxygen atoms in total. The third kappa shape index (κ3) is 6.18. The van der Waals surface area contributed by atoms with Crippen molar-refractivity contribution in [3.8, 4) is 22.6 Å². The van der Waals surface area contributed by atoms with Crippen LogP contribution in [-0.4, -0.2) is 70.1 Å². The van der Waals surface area contributed by atoms with Crippen LogP contribution in [0.1, 0.15) is 18.4 Å². The van der Waals surface area contributed by atoms with Crippen LogP contribution in [0.15, 0.2) is 109 Å². The van der Waals surface area contributed by atoms with Crippen LogP contribution in [0.4, 0.5) is 33.5 Å². The van der Waals surface area contributed by atoms with E-state index < -0.39 is 0 Å². The average Bonchev–Trinajstić information content (AvgIpc) is 3.75. The molecule has 2 aliphatic heterocycles. The Morgan fingerprint density at radius 2 is 1.65 bits per heavy atom. The number of rotatable bonds is 7. The molecule has 2 amide bonds. The molecule has 246 valence electrons. The van der Waals surface area contributed by atoms with Gasteiger partial charge in [0.15, 0.2) is 0 Å². The second kappa shape index (κ2) is 13.0. The van der Waals surface area contributed by atoms with Gasteiger partial charge < -0.3 is 20.4 Å². The van der Waals surface area contributed by atoms with Crippen molar-refractivity contribution in [2.45, 2.75) is 25.3 Å². The Morgan fingerprint density at radius 3 is 2.49 bits per heavy atom. The molecule has 3 aromatic carbocycles. The highest BCUT2D eigenvalue weighted by Crippen LogP contribution is 2.34. The SMILES string of the molecule is CN(C)C1CCN(c2ccc(Nc3nccc(-c4c(-c5cccc(NC(=O)N6CCc7ccccc76)c5)nc5ccccn45)n3)cc2)CC1. The number of nitrogens with one attached hydrogen (secondary N) is 2. The van der Waals surface area contributed by atoms with E-state index in [9.17, 15) is 4.79 Å². The Hall–Kier alpha value is -5.74. The lowest BCUT2D eigenvalue weighted by Crippen LogP contribution is -2.41. The van der Waals surface area contributed by atoms with Crippen LogP contribution in [0.2, 0.25) is 0 Å². The number of hydrogen-bond donors (Lipinski definition) is 2. The topological polar surface area (TPSA) is 93.9 Å². The Bertz CT molecular complexity index is 2120. The normalized spacial score (nSPS) is 14.8. The molecule has 10 heteroatoms. The van der Waals surface area contributed by atoms with Crippen molar-refractivity contribution in [1.82, 2.24) is 24.3 Å². The smallest absolute Gasteiger partial charge is 0.326 e. The second-order valence-electron chi connectivity index (χ2n) is 12.9. The van der Waals surface area contributed by atoms with Crippen LogP contribution in [0.5, 0.6) is 0 Å². The zero-order chi connectivity index (χ0) is 33.3. The zero-order valence-corrected chi connectivity index (χ0v) is 27.8. The summed E-state index contributed by atoms with van der Waals surface area (Å²) >= 11 is 0. The minimum Gasteiger partial charge on any atom is -0.371 e. The molecule has 0 saturated carbocycles. The molecular weight excluding hydrogens is 610 g/mol. The van der Waals surface area contributed by atoms with Gasteiger partial charge in [0.05, 0.1) is 17.1 Å². The molecule has 3 aromatic heterocycles. The van der Waals surface area contributed by atoms with Gasteiger partial charge in [0.1, 0.15) is 5.65 Å². The Kier molecular flexibility index (Phi) is 8.14. The predicted octanol–water partition coefficient (Wildman–Crippen LogP) is 7.33. The summed E-state index contributed by atoms with van der Waals surface area (Å²) in [6, 6.07) is 32.7. The first-order valence-electron chi connectivity index (χ1n) is 16.9. The van der Waals surface area contributed by atoms with Gasteiger partial charge in [-0.1, -0.05) is 36.4 Å². The highest BCUT2D eigenvalue weighted by molar-refractivity contribution is 6.03. The molecule has 2 N–H and O–H groups in total. The highest BCUT2D eigenvalue weighted by atomic mass is 16.2. The Morgan fingerprint density at radius 1 is 0.837 bits per heavy atom. The maximum Gasteiger partial charge on any atom is 0.326 e. The summed E-state index contributed by atoms with van der Waals surface area (Å²) in [4.78, 5) is 34.5. The van der Waals surface area contributed by atoms with Crippen LogP contribution in [0.3, 0.4) is 0 Å². The highest BCUT2D eigenvalue weighted by Gasteiger charge is 2.25. The van der Waals surface area contributed by atoms with E-state index in [-0.39, 0.29) is 6.03 Å². The number of imidazole rings is 1.